The van der Waals surface area contributed by atoms with Crippen LogP contribution in [-0.4, -0.2) is 23.4 Å². The van der Waals surface area contributed by atoms with Gasteiger partial charge in [0.05, 0.1) is 15.4 Å². The van der Waals surface area contributed by atoms with E-state index >= 15 is 0 Å². The number of amides is 1. The molecule has 0 radical (unpaired) electrons. The second-order valence-electron chi connectivity index (χ2n) is 4.42. The average molecular weight is 328 g/mol. The number of nitro groups is 1. The first-order valence-electron chi connectivity index (χ1n) is 6.06. The Morgan fingerprint density at radius 3 is 2.84 bits per heavy atom. The van der Waals surface area contributed by atoms with Crippen LogP contribution in [0.1, 0.15) is 19.3 Å². The highest BCUT2D eigenvalue weighted by molar-refractivity contribution is 9.10. The van der Waals surface area contributed by atoms with Crippen molar-refractivity contribution in [2.24, 2.45) is 0 Å². The Balaban J connectivity index is 2.04. The number of nitrogens with one attached hydrogen (secondary N) is 2. The third kappa shape index (κ3) is 3.51. The molecule has 1 aliphatic heterocycles. The van der Waals surface area contributed by atoms with Gasteiger partial charge < -0.3 is 10.6 Å². The fourth-order valence-electron chi connectivity index (χ4n) is 2.04. The monoisotopic (exact) mass is 327 g/mol. The summed E-state index contributed by atoms with van der Waals surface area (Å²) in [5.74, 6) is -0.0968. The highest BCUT2D eigenvalue weighted by Crippen LogP contribution is 2.27. The number of benzene rings is 1. The zero-order valence-corrected chi connectivity index (χ0v) is 11.8. The van der Waals surface area contributed by atoms with E-state index in [4.69, 9.17) is 0 Å². The third-order valence-electron chi connectivity index (χ3n) is 3.04. The molecule has 1 fully saturated rings. The normalized spacial score (nSPS) is 18.9. The maximum absolute atomic E-state index is 12.0. The van der Waals surface area contributed by atoms with Crippen molar-refractivity contribution in [3.63, 3.8) is 0 Å². The molecule has 102 valence electrons. The second-order valence-corrected chi connectivity index (χ2v) is 5.27. The van der Waals surface area contributed by atoms with Gasteiger partial charge in [0.2, 0.25) is 5.91 Å². The minimum absolute atomic E-state index is 0.0196. The topological polar surface area (TPSA) is 84.3 Å². The Labute approximate surface area is 118 Å². The van der Waals surface area contributed by atoms with Crippen LogP contribution in [0.15, 0.2) is 22.7 Å². The Morgan fingerprint density at radius 1 is 1.47 bits per heavy atom. The molecule has 1 aromatic rings. The molecule has 19 heavy (non-hydrogen) atoms. The van der Waals surface area contributed by atoms with Crippen LogP contribution in [0.2, 0.25) is 0 Å². The van der Waals surface area contributed by atoms with Gasteiger partial charge in [0.1, 0.15) is 0 Å². The number of halogens is 1. The van der Waals surface area contributed by atoms with E-state index in [1.807, 2.05) is 0 Å². The highest BCUT2D eigenvalue weighted by atomic mass is 79.9. The molecule has 1 amide bonds. The van der Waals surface area contributed by atoms with Gasteiger partial charge in [0, 0.05) is 11.8 Å². The van der Waals surface area contributed by atoms with Gasteiger partial charge in [-0.25, -0.2) is 0 Å². The van der Waals surface area contributed by atoms with Gasteiger partial charge in [0.25, 0.3) is 5.69 Å². The van der Waals surface area contributed by atoms with Crippen molar-refractivity contribution in [2.75, 3.05) is 11.9 Å². The van der Waals surface area contributed by atoms with Crippen molar-refractivity contribution in [3.8, 4) is 0 Å². The first-order chi connectivity index (χ1) is 9.08. The predicted molar refractivity (Wildman–Crippen MR) is 75.1 cm³/mol. The van der Waals surface area contributed by atoms with Gasteiger partial charge in [-0.3, -0.25) is 14.9 Å². The van der Waals surface area contributed by atoms with Crippen LogP contribution in [0.3, 0.4) is 0 Å². The summed E-state index contributed by atoms with van der Waals surface area (Å²) in [5.41, 5.74) is 0.531. The number of anilines is 1. The number of nitro benzene ring substituents is 1. The molecule has 1 saturated heterocycles. The molecular formula is C12H14BrN3O3. The van der Waals surface area contributed by atoms with E-state index in [9.17, 15) is 14.9 Å². The van der Waals surface area contributed by atoms with Crippen LogP contribution in [0.5, 0.6) is 0 Å². The van der Waals surface area contributed by atoms with E-state index in [1.54, 1.807) is 6.07 Å². The van der Waals surface area contributed by atoms with Crippen LogP contribution >= 0.6 is 15.9 Å². The number of rotatable bonds is 3. The summed E-state index contributed by atoms with van der Waals surface area (Å²) in [5, 5.41) is 16.6. The summed E-state index contributed by atoms with van der Waals surface area (Å²) in [7, 11) is 0. The van der Waals surface area contributed by atoms with Crippen molar-refractivity contribution >= 4 is 33.2 Å². The summed E-state index contributed by atoms with van der Waals surface area (Å²) in [6, 6.07) is 4.26. The van der Waals surface area contributed by atoms with Gasteiger partial charge in [-0.15, -0.1) is 0 Å². The number of nitrogens with zero attached hydrogens (tertiary/aromatic N) is 1. The van der Waals surface area contributed by atoms with Gasteiger partial charge in [-0.2, -0.15) is 0 Å². The third-order valence-corrected chi connectivity index (χ3v) is 3.67. The molecule has 1 aromatic carbocycles. The lowest BCUT2D eigenvalue weighted by molar-refractivity contribution is -0.385. The second kappa shape index (κ2) is 6.12. The first-order valence-corrected chi connectivity index (χ1v) is 6.85. The molecule has 0 saturated carbocycles. The summed E-state index contributed by atoms with van der Waals surface area (Å²) >= 11 is 3.13. The van der Waals surface area contributed by atoms with Gasteiger partial charge >= 0.3 is 0 Å². The lowest BCUT2D eigenvalue weighted by Gasteiger charge is -2.22. The standard InChI is InChI=1S/C12H14BrN3O3/c13-9-7-8(4-5-11(9)16(18)19)15-12(17)10-3-1-2-6-14-10/h4-5,7,10,14H,1-3,6H2,(H,15,17)/t10-/m0/s1. The number of hydrogen-bond donors (Lipinski definition) is 2. The molecule has 0 unspecified atom stereocenters. The molecule has 0 aromatic heterocycles. The van der Waals surface area contributed by atoms with E-state index in [-0.39, 0.29) is 17.6 Å². The maximum Gasteiger partial charge on any atom is 0.283 e. The van der Waals surface area contributed by atoms with Crippen molar-refractivity contribution in [1.82, 2.24) is 5.32 Å². The quantitative estimate of drug-likeness (QED) is 0.659. The lowest BCUT2D eigenvalue weighted by Crippen LogP contribution is -2.43. The van der Waals surface area contributed by atoms with Crippen LogP contribution in [0.25, 0.3) is 0 Å². The Morgan fingerprint density at radius 2 is 2.26 bits per heavy atom. The minimum atomic E-state index is -0.474. The van der Waals surface area contributed by atoms with Crippen LogP contribution < -0.4 is 10.6 Å². The van der Waals surface area contributed by atoms with Crippen molar-refractivity contribution < 1.29 is 9.72 Å². The Bertz CT molecular complexity index is 501. The Hall–Kier alpha value is -1.47. The van der Waals surface area contributed by atoms with Crippen LogP contribution in [0, 0.1) is 10.1 Å². The molecule has 2 N–H and O–H groups in total. The molecule has 0 aliphatic carbocycles. The molecule has 0 bridgehead atoms. The number of carbonyl (C=O) groups excluding carboxylic acids is 1. The van der Waals surface area contributed by atoms with Gasteiger partial charge in [-0.05, 0) is 47.4 Å². The smallest absolute Gasteiger partial charge is 0.283 e. The van der Waals surface area contributed by atoms with E-state index in [1.165, 1.54) is 12.1 Å². The average Bonchev–Trinajstić information content (AvgIpc) is 2.39. The molecule has 1 atom stereocenters. The molecule has 7 heteroatoms. The van der Waals surface area contributed by atoms with Crippen molar-refractivity contribution in [1.29, 1.82) is 0 Å². The van der Waals surface area contributed by atoms with Gasteiger partial charge in [-0.1, -0.05) is 6.42 Å². The predicted octanol–water partition coefficient (Wildman–Crippen LogP) is 2.44. The van der Waals surface area contributed by atoms with Crippen molar-refractivity contribution in [2.45, 2.75) is 25.3 Å². The number of hydrogen-bond acceptors (Lipinski definition) is 4. The number of carbonyl (C=O) groups is 1. The molecule has 6 nitrogen and oxygen atoms in total. The van der Waals surface area contributed by atoms with E-state index in [2.05, 4.69) is 26.6 Å². The van der Waals surface area contributed by atoms with E-state index in [0.717, 1.165) is 25.8 Å². The van der Waals surface area contributed by atoms with Gasteiger partial charge in [0.15, 0.2) is 0 Å². The zero-order valence-electron chi connectivity index (χ0n) is 10.2. The summed E-state index contributed by atoms with van der Waals surface area (Å²) < 4.78 is 0.354. The zero-order chi connectivity index (χ0) is 13.8. The Kier molecular flexibility index (Phi) is 4.49. The fourth-order valence-corrected chi connectivity index (χ4v) is 2.56. The summed E-state index contributed by atoms with van der Waals surface area (Å²) in [6.45, 7) is 0.849. The van der Waals surface area contributed by atoms with Crippen LogP contribution in [-0.2, 0) is 4.79 Å². The lowest BCUT2D eigenvalue weighted by atomic mass is 10.0. The molecule has 2 rings (SSSR count). The van der Waals surface area contributed by atoms with E-state index in [0.29, 0.717) is 10.2 Å². The molecular weight excluding hydrogens is 314 g/mol. The fraction of sp³-hybridized carbons (Fsp3) is 0.417. The summed E-state index contributed by atoms with van der Waals surface area (Å²) in [4.78, 5) is 22.2. The molecule has 0 spiro atoms. The minimum Gasteiger partial charge on any atom is -0.325 e. The SMILES string of the molecule is O=C(Nc1ccc([N+](=O)[O-])c(Br)c1)[C@@H]1CCCCN1. The van der Waals surface area contributed by atoms with Crippen molar-refractivity contribution in [3.05, 3.63) is 32.8 Å². The molecule has 1 heterocycles. The van der Waals surface area contributed by atoms with E-state index < -0.39 is 4.92 Å². The highest BCUT2D eigenvalue weighted by Gasteiger charge is 2.21. The maximum atomic E-state index is 12.0. The largest absolute Gasteiger partial charge is 0.325 e. The first kappa shape index (κ1) is 14.0. The van der Waals surface area contributed by atoms with Crippen LogP contribution in [0.4, 0.5) is 11.4 Å². The molecule has 1 aliphatic rings. The summed E-state index contributed by atoms with van der Waals surface area (Å²) in [6.07, 6.45) is 2.95. The number of piperidine rings is 1.